The largest absolute Gasteiger partial charge is 0.478 e. The number of aryl methyl sites for hydroxylation is 1. The molecular weight excluding hydrogens is 230 g/mol. The minimum Gasteiger partial charge on any atom is -0.478 e. The number of rotatable bonds is 4. The Morgan fingerprint density at radius 3 is 2.83 bits per heavy atom. The molecule has 2 rings (SSSR count). The first kappa shape index (κ1) is 12.6. The summed E-state index contributed by atoms with van der Waals surface area (Å²) >= 11 is 0. The first-order chi connectivity index (χ1) is 8.49. The van der Waals surface area contributed by atoms with Crippen LogP contribution in [0.3, 0.4) is 0 Å². The van der Waals surface area contributed by atoms with Gasteiger partial charge in [-0.1, -0.05) is 13.8 Å². The number of carboxylic acid groups (broad SMARTS) is 1. The molecule has 1 aromatic carbocycles. The molecule has 0 fully saturated rings. The summed E-state index contributed by atoms with van der Waals surface area (Å²) in [7, 11) is 1.94. The molecule has 0 spiro atoms. The number of hydrogen-bond acceptors (Lipinski definition) is 3. The van der Waals surface area contributed by atoms with Gasteiger partial charge < -0.3 is 15.0 Å². The van der Waals surface area contributed by atoms with Crippen LogP contribution in [0.2, 0.25) is 0 Å². The van der Waals surface area contributed by atoms with Crippen LogP contribution in [0.4, 0.5) is 0 Å². The lowest BCUT2D eigenvalue weighted by atomic mass is 10.2. The molecule has 0 aliphatic carbocycles. The Hall–Kier alpha value is -1.88. The highest BCUT2D eigenvalue weighted by atomic mass is 16.4. The third-order valence-corrected chi connectivity index (χ3v) is 2.89. The number of benzene rings is 1. The van der Waals surface area contributed by atoms with Gasteiger partial charge in [0, 0.05) is 13.1 Å². The summed E-state index contributed by atoms with van der Waals surface area (Å²) in [4.78, 5) is 15.4. The first-order valence-electron chi connectivity index (χ1n) is 5.91. The highest BCUT2D eigenvalue weighted by molar-refractivity contribution is 5.92. The maximum atomic E-state index is 10.9. The van der Waals surface area contributed by atoms with Crippen molar-refractivity contribution in [3.8, 4) is 0 Å². The molecule has 2 aromatic rings. The van der Waals surface area contributed by atoms with E-state index in [2.05, 4.69) is 24.1 Å². The fourth-order valence-electron chi connectivity index (χ4n) is 1.84. The minimum atomic E-state index is -0.926. The van der Waals surface area contributed by atoms with Crippen molar-refractivity contribution >= 4 is 17.0 Å². The topological polar surface area (TPSA) is 67.2 Å². The maximum Gasteiger partial charge on any atom is 0.335 e. The Morgan fingerprint density at radius 2 is 2.22 bits per heavy atom. The molecule has 0 aliphatic heterocycles. The first-order valence-corrected chi connectivity index (χ1v) is 5.91. The number of fused-ring (bicyclic) bond motifs is 1. The lowest BCUT2D eigenvalue weighted by molar-refractivity contribution is 0.0697. The molecule has 1 aromatic heterocycles. The molecule has 2 N–H and O–H groups in total. The summed E-state index contributed by atoms with van der Waals surface area (Å²) in [6.07, 6.45) is 0. The quantitative estimate of drug-likeness (QED) is 0.864. The zero-order valence-electron chi connectivity index (χ0n) is 10.8. The van der Waals surface area contributed by atoms with Gasteiger partial charge in [-0.2, -0.15) is 0 Å². The molecule has 0 saturated heterocycles. The standard InChI is InChI=1S/C13H17N3O2/c1-8(2)14-7-12-15-10-6-9(13(17)18)4-5-11(10)16(12)3/h4-6,8,14H,7H2,1-3H3,(H,17,18). The summed E-state index contributed by atoms with van der Waals surface area (Å²) in [6.45, 7) is 4.82. The number of carboxylic acids is 1. The van der Waals surface area contributed by atoms with E-state index >= 15 is 0 Å². The Labute approximate surface area is 105 Å². The Morgan fingerprint density at radius 1 is 1.50 bits per heavy atom. The third-order valence-electron chi connectivity index (χ3n) is 2.89. The Kier molecular flexibility index (Phi) is 3.34. The van der Waals surface area contributed by atoms with E-state index in [4.69, 9.17) is 5.11 Å². The fourth-order valence-corrected chi connectivity index (χ4v) is 1.84. The van der Waals surface area contributed by atoms with Gasteiger partial charge in [-0.25, -0.2) is 9.78 Å². The van der Waals surface area contributed by atoms with Gasteiger partial charge in [0.25, 0.3) is 0 Å². The summed E-state index contributed by atoms with van der Waals surface area (Å²) in [5.41, 5.74) is 1.93. The number of nitrogens with one attached hydrogen (secondary N) is 1. The lowest BCUT2D eigenvalue weighted by Crippen LogP contribution is -2.23. The van der Waals surface area contributed by atoms with Crippen molar-refractivity contribution in [2.75, 3.05) is 0 Å². The van der Waals surface area contributed by atoms with Crippen LogP contribution >= 0.6 is 0 Å². The Bertz CT molecular complexity index is 587. The second-order valence-corrected chi connectivity index (χ2v) is 4.63. The molecule has 0 amide bonds. The lowest BCUT2D eigenvalue weighted by Gasteiger charge is -2.07. The van der Waals surface area contributed by atoms with Crippen LogP contribution in [-0.2, 0) is 13.6 Å². The van der Waals surface area contributed by atoms with Crippen molar-refractivity contribution in [2.45, 2.75) is 26.4 Å². The molecule has 96 valence electrons. The van der Waals surface area contributed by atoms with Gasteiger partial charge in [0.05, 0.1) is 23.1 Å². The van der Waals surface area contributed by atoms with Gasteiger partial charge in [-0.05, 0) is 18.2 Å². The van der Waals surface area contributed by atoms with Crippen LogP contribution < -0.4 is 5.32 Å². The summed E-state index contributed by atoms with van der Waals surface area (Å²) in [5, 5.41) is 12.3. The van der Waals surface area contributed by atoms with Crippen LogP contribution in [0.5, 0.6) is 0 Å². The van der Waals surface area contributed by atoms with Gasteiger partial charge in [-0.3, -0.25) is 0 Å². The zero-order chi connectivity index (χ0) is 13.3. The molecule has 5 heteroatoms. The number of hydrogen-bond donors (Lipinski definition) is 2. The van der Waals surface area contributed by atoms with Crippen molar-refractivity contribution in [1.29, 1.82) is 0 Å². The predicted octanol–water partition coefficient (Wildman–Crippen LogP) is 1.77. The zero-order valence-corrected chi connectivity index (χ0v) is 10.8. The predicted molar refractivity (Wildman–Crippen MR) is 69.6 cm³/mol. The number of aromatic nitrogens is 2. The van der Waals surface area contributed by atoms with Crippen LogP contribution in [0.25, 0.3) is 11.0 Å². The molecule has 0 unspecified atom stereocenters. The average molecular weight is 247 g/mol. The number of aromatic carboxylic acids is 1. The van der Waals surface area contributed by atoms with E-state index < -0.39 is 5.97 Å². The second-order valence-electron chi connectivity index (χ2n) is 4.63. The second kappa shape index (κ2) is 4.78. The van der Waals surface area contributed by atoms with Gasteiger partial charge in [0.1, 0.15) is 5.82 Å². The average Bonchev–Trinajstić information content (AvgIpc) is 2.63. The molecule has 0 atom stereocenters. The number of carbonyl (C=O) groups is 1. The molecule has 0 radical (unpaired) electrons. The highest BCUT2D eigenvalue weighted by Gasteiger charge is 2.10. The summed E-state index contributed by atoms with van der Waals surface area (Å²) < 4.78 is 1.98. The molecule has 0 saturated carbocycles. The smallest absolute Gasteiger partial charge is 0.335 e. The normalized spacial score (nSPS) is 11.3. The monoisotopic (exact) mass is 247 g/mol. The SMILES string of the molecule is CC(C)NCc1nc2cc(C(=O)O)ccc2n1C. The minimum absolute atomic E-state index is 0.268. The van der Waals surface area contributed by atoms with Crippen molar-refractivity contribution in [1.82, 2.24) is 14.9 Å². The van der Waals surface area contributed by atoms with E-state index in [9.17, 15) is 4.79 Å². The summed E-state index contributed by atoms with van der Waals surface area (Å²) in [5.74, 6) is -0.0225. The van der Waals surface area contributed by atoms with Crippen molar-refractivity contribution < 1.29 is 9.90 Å². The van der Waals surface area contributed by atoms with Crippen molar-refractivity contribution in [3.05, 3.63) is 29.6 Å². The third kappa shape index (κ3) is 2.36. The fraction of sp³-hybridized carbons (Fsp3) is 0.385. The van der Waals surface area contributed by atoms with E-state index in [0.717, 1.165) is 16.9 Å². The van der Waals surface area contributed by atoms with E-state index in [-0.39, 0.29) is 5.56 Å². The van der Waals surface area contributed by atoms with Crippen LogP contribution in [0.1, 0.15) is 30.0 Å². The summed E-state index contributed by atoms with van der Waals surface area (Å²) in [6, 6.07) is 5.40. The Balaban J connectivity index is 2.39. The van der Waals surface area contributed by atoms with E-state index in [1.807, 2.05) is 11.6 Å². The number of nitrogens with zero attached hydrogens (tertiary/aromatic N) is 2. The van der Waals surface area contributed by atoms with Crippen LogP contribution in [-0.4, -0.2) is 26.7 Å². The van der Waals surface area contributed by atoms with Gasteiger partial charge >= 0.3 is 5.97 Å². The van der Waals surface area contributed by atoms with Crippen molar-refractivity contribution in [3.63, 3.8) is 0 Å². The molecule has 5 nitrogen and oxygen atoms in total. The molecule has 18 heavy (non-hydrogen) atoms. The van der Waals surface area contributed by atoms with Crippen LogP contribution in [0.15, 0.2) is 18.2 Å². The van der Waals surface area contributed by atoms with Gasteiger partial charge in [0.2, 0.25) is 0 Å². The van der Waals surface area contributed by atoms with Crippen LogP contribution in [0, 0.1) is 0 Å². The maximum absolute atomic E-state index is 10.9. The van der Waals surface area contributed by atoms with E-state index in [1.165, 1.54) is 0 Å². The van der Waals surface area contributed by atoms with E-state index in [0.29, 0.717) is 12.6 Å². The highest BCUT2D eigenvalue weighted by Crippen LogP contribution is 2.17. The molecule has 1 heterocycles. The van der Waals surface area contributed by atoms with Gasteiger partial charge in [-0.15, -0.1) is 0 Å². The number of imidazole rings is 1. The molecule has 0 bridgehead atoms. The molecular formula is C13H17N3O2. The van der Waals surface area contributed by atoms with Gasteiger partial charge in [0.15, 0.2) is 0 Å². The van der Waals surface area contributed by atoms with E-state index in [1.54, 1.807) is 18.2 Å². The van der Waals surface area contributed by atoms with Crippen molar-refractivity contribution in [2.24, 2.45) is 7.05 Å². The molecule has 0 aliphatic rings.